The zero-order valence-electron chi connectivity index (χ0n) is 22.5. The normalized spacial score (nSPS) is 40.2. The highest BCUT2D eigenvalue weighted by molar-refractivity contribution is 7.47. The molecule has 0 radical (unpaired) electrons. The van der Waals surface area contributed by atoms with Crippen LogP contribution in [0.3, 0.4) is 0 Å². The van der Waals surface area contributed by atoms with Gasteiger partial charge in [0.2, 0.25) is 5.95 Å². The molecular weight excluding hydrogens is 650 g/mol. The van der Waals surface area contributed by atoms with E-state index in [1.165, 1.54) is 17.2 Å². The minimum absolute atomic E-state index is 0.137. The number of ether oxygens (including phenoxy) is 2. The maximum atomic E-state index is 13.2. The summed E-state index contributed by atoms with van der Waals surface area (Å²) >= 11 is 0. The first kappa shape index (κ1) is 30.5. The highest BCUT2D eigenvalue weighted by atomic mass is 31.2. The van der Waals surface area contributed by atoms with Crippen LogP contribution in [0.4, 0.5) is 11.8 Å². The van der Waals surface area contributed by atoms with Gasteiger partial charge < -0.3 is 55.3 Å². The second-order valence-electron chi connectivity index (χ2n) is 10.3. The molecule has 45 heavy (non-hydrogen) atoms. The number of rotatable bonds is 2. The minimum atomic E-state index is -5.30. The molecule has 3 saturated heterocycles. The lowest BCUT2D eigenvalue weighted by Gasteiger charge is -2.30. The van der Waals surface area contributed by atoms with E-state index in [4.69, 9.17) is 39.0 Å². The monoisotopic (exact) mass is 675 g/mol. The average molecular weight is 675 g/mol. The van der Waals surface area contributed by atoms with Gasteiger partial charge in [0.1, 0.15) is 54.3 Å². The molecular formula is C20H25N10O13P2-. The number of aromatic nitrogens is 6. The van der Waals surface area contributed by atoms with Gasteiger partial charge in [-0.15, -0.1) is 0 Å². The minimum Gasteiger partial charge on any atom is -0.756 e. The molecule has 7 heterocycles. The second kappa shape index (κ2) is 11.0. The number of nitrogen functional groups attached to an aromatic ring is 1. The number of aromatic amines is 1. The molecule has 4 aliphatic rings. The van der Waals surface area contributed by atoms with Crippen molar-refractivity contribution in [1.29, 1.82) is 0 Å². The Morgan fingerprint density at radius 1 is 1.00 bits per heavy atom. The van der Waals surface area contributed by atoms with Crippen LogP contribution in [0, 0.1) is 0 Å². The van der Waals surface area contributed by atoms with Crippen LogP contribution in [0.1, 0.15) is 24.3 Å². The van der Waals surface area contributed by atoms with E-state index in [2.05, 4.69) is 30.2 Å². The summed E-state index contributed by atoms with van der Waals surface area (Å²) in [6.45, 7) is -1.72. The first-order chi connectivity index (χ1) is 21.3. The van der Waals surface area contributed by atoms with Gasteiger partial charge in [-0.25, -0.2) is 14.5 Å². The van der Waals surface area contributed by atoms with Gasteiger partial charge in [0.05, 0.1) is 32.2 Å². The van der Waals surface area contributed by atoms with Crippen LogP contribution >= 0.6 is 15.6 Å². The van der Waals surface area contributed by atoms with E-state index in [1.807, 2.05) is 0 Å². The molecule has 11 atom stereocenters. The number of aliphatic hydroxyl groups excluding tert-OH is 2. The van der Waals surface area contributed by atoms with Crippen molar-refractivity contribution < 1.29 is 56.7 Å². The van der Waals surface area contributed by atoms with Crippen LogP contribution in [0.25, 0.3) is 11.2 Å². The van der Waals surface area contributed by atoms with Crippen LogP contribution in [-0.2, 0) is 36.7 Å². The molecule has 0 spiro atoms. The molecule has 0 saturated carbocycles. The molecule has 3 fully saturated rings. The van der Waals surface area contributed by atoms with E-state index in [0.29, 0.717) is 5.69 Å². The number of nitrogens with two attached hydrogens (primary N) is 2. The number of hydrogen-bond donors (Lipinski definition) is 7. The molecule has 3 aromatic heterocycles. The summed E-state index contributed by atoms with van der Waals surface area (Å²) in [5.41, 5.74) is 10.9. The summed E-state index contributed by atoms with van der Waals surface area (Å²) in [4.78, 5) is 54.2. The largest absolute Gasteiger partial charge is 0.756 e. The fraction of sp³-hybridized carbons (Fsp3) is 0.550. The van der Waals surface area contributed by atoms with Crippen molar-refractivity contribution in [2.75, 3.05) is 24.3 Å². The molecule has 7 rings (SSSR count). The van der Waals surface area contributed by atoms with Crippen LogP contribution in [-0.4, -0.2) is 100 Å². The number of aliphatic imine (C=N–C) groups is 1. The van der Waals surface area contributed by atoms with Crippen molar-refractivity contribution in [3.8, 4) is 0 Å². The Labute approximate surface area is 249 Å². The van der Waals surface area contributed by atoms with E-state index in [0.717, 1.165) is 10.9 Å². The van der Waals surface area contributed by atoms with Gasteiger partial charge in [-0.2, -0.15) is 4.98 Å². The standard InChI is InChI=1S/C20H26N10O13P2/c21-14-8-15(24-3-23-14)29(4-25-8)18-11(32)12-7(41-18)2-39-45(36,37)43-13-10(31)6(1-38-44(34,35)42-12)40-19(13)30-5-26-9-16(30)27-20(22)28-17(9)33/h3-7,10-14,18-19,31-32H,1-2,21H2,(H,23,24)(H,34,35)(H,36,37)(H3,22,27,28,33)/p-1/t6-,7-,10-,11-,12-,13-,14?,18-,19-/m1/s1. The van der Waals surface area contributed by atoms with Crippen LogP contribution in [0.2, 0.25) is 0 Å². The third kappa shape index (κ3) is 5.40. The van der Waals surface area contributed by atoms with Crippen molar-refractivity contribution >= 4 is 44.9 Å². The Kier molecular flexibility index (Phi) is 7.44. The van der Waals surface area contributed by atoms with Gasteiger partial charge in [-0.3, -0.25) is 37.5 Å². The molecule has 0 aromatic carbocycles. The topological polar surface area (TPSA) is 331 Å². The first-order valence-electron chi connectivity index (χ1n) is 13.1. The Morgan fingerprint density at radius 3 is 2.53 bits per heavy atom. The number of aliphatic hydroxyl groups is 2. The number of hydrogen-bond acceptors (Lipinski definition) is 19. The molecule has 0 aliphatic carbocycles. The molecule has 0 amide bonds. The number of H-pyrrole nitrogens is 1. The molecule has 3 unspecified atom stereocenters. The Bertz CT molecular complexity index is 1810. The molecule has 25 heteroatoms. The van der Waals surface area contributed by atoms with E-state index in [1.54, 1.807) is 0 Å². The molecule has 4 aliphatic heterocycles. The maximum Gasteiger partial charge on any atom is 0.472 e. The van der Waals surface area contributed by atoms with E-state index < -0.39 is 89.7 Å². The summed E-state index contributed by atoms with van der Waals surface area (Å²) < 4.78 is 60.7. The number of phosphoric acid groups is 2. The summed E-state index contributed by atoms with van der Waals surface area (Å²) in [7, 11) is -10.4. The van der Waals surface area contributed by atoms with Crippen molar-refractivity contribution in [3.63, 3.8) is 0 Å². The summed E-state index contributed by atoms with van der Waals surface area (Å²) in [5, 5.41) is 24.9. The van der Waals surface area contributed by atoms with Crippen molar-refractivity contribution in [1.82, 2.24) is 29.1 Å². The lowest BCUT2D eigenvalue weighted by molar-refractivity contribution is -0.236. The number of nitrogens with zero attached hydrogens (tertiary/aromatic N) is 6. The van der Waals surface area contributed by atoms with Gasteiger partial charge in [-0.1, -0.05) is 0 Å². The van der Waals surface area contributed by atoms with Crippen molar-refractivity contribution in [2.45, 2.75) is 55.2 Å². The van der Waals surface area contributed by atoms with E-state index in [-0.39, 0.29) is 22.9 Å². The molecule has 3 aromatic rings. The Morgan fingerprint density at radius 2 is 1.73 bits per heavy atom. The fourth-order valence-electron chi connectivity index (χ4n) is 5.42. The number of nitrogens with one attached hydrogen (secondary N) is 2. The highest BCUT2D eigenvalue weighted by Crippen LogP contribution is 2.52. The van der Waals surface area contributed by atoms with Gasteiger partial charge in [0.25, 0.3) is 13.4 Å². The molecule has 244 valence electrons. The van der Waals surface area contributed by atoms with Gasteiger partial charge >= 0.3 is 7.82 Å². The molecule has 2 bridgehead atoms. The lowest BCUT2D eigenvalue weighted by Crippen LogP contribution is -2.37. The first-order valence-corrected chi connectivity index (χ1v) is 16.1. The zero-order valence-corrected chi connectivity index (χ0v) is 24.3. The highest BCUT2D eigenvalue weighted by Gasteiger charge is 2.53. The fourth-order valence-corrected chi connectivity index (χ4v) is 7.30. The summed E-state index contributed by atoms with van der Waals surface area (Å²) in [6.07, 6.45) is -9.99. The third-order valence-electron chi connectivity index (χ3n) is 7.46. The number of fused-ring (bicyclic) bond motifs is 5. The maximum absolute atomic E-state index is 13.2. The van der Waals surface area contributed by atoms with Crippen LogP contribution in [0.5, 0.6) is 0 Å². The van der Waals surface area contributed by atoms with Crippen molar-refractivity contribution in [2.24, 2.45) is 10.7 Å². The van der Waals surface area contributed by atoms with Gasteiger partial charge in [-0.05, 0) is 0 Å². The second-order valence-corrected chi connectivity index (χ2v) is 13.1. The Hall–Kier alpha value is -3.15. The SMILES string of the molecule is Nc1nc2c(ncn2[C@@H]2O[C@@H]3COP(=O)([O-])O[C@H]4[C@@H](O)[C@H](n5cnc6c5NC=NC6N)O[C@@H]4COP(=O)(O)O[C@@H]2[C@@H]3O)c(=O)[nH]1. The smallest absolute Gasteiger partial charge is 0.472 e. The lowest BCUT2D eigenvalue weighted by atomic mass is 10.1. The van der Waals surface area contributed by atoms with Gasteiger partial charge in [0, 0.05) is 0 Å². The number of anilines is 2. The predicted octanol–water partition coefficient (Wildman–Crippen LogP) is -3.09. The Balaban J connectivity index is 1.19. The van der Waals surface area contributed by atoms with E-state index >= 15 is 0 Å². The summed E-state index contributed by atoms with van der Waals surface area (Å²) in [6, 6.07) is 0. The molecule has 23 nitrogen and oxygen atoms in total. The predicted molar refractivity (Wildman–Crippen MR) is 143 cm³/mol. The van der Waals surface area contributed by atoms with Crippen LogP contribution in [0.15, 0.2) is 22.4 Å². The van der Waals surface area contributed by atoms with Crippen molar-refractivity contribution in [3.05, 3.63) is 28.7 Å². The van der Waals surface area contributed by atoms with E-state index in [9.17, 15) is 33.9 Å². The average Bonchev–Trinajstić information content (AvgIpc) is 3.72. The number of phosphoric ester groups is 2. The summed E-state index contributed by atoms with van der Waals surface area (Å²) in [5.74, 6) is -0.00419. The third-order valence-corrected chi connectivity index (χ3v) is 9.42. The van der Waals surface area contributed by atoms with Gasteiger partial charge in [0.15, 0.2) is 23.6 Å². The quantitative estimate of drug-likeness (QED) is 0.132. The zero-order chi connectivity index (χ0) is 31.8. The molecule has 9 N–H and O–H groups in total. The van der Waals surface area contributed by atoms with Crippen LogP contribution < -0.4 is 27.2 Å². The number of imidazole rings is 2.